The zero-order valence-corrected chi connectivity index (χ0v) is 49.9. The van der Waals surface area contributed by atoms with E-state index < -0.39 is 57.8 Å². The maximum Gasteiger partial charge on any atom is 0.472 e. The average molecular weight is 1090 g/mol. The maximum absolute atomic E-state index is 12.9. The van der Waals surface area contributed by atoms with E-state index in [4.69, 9.17) is 23.3 Å². The predicted octanol–water partition coefficient (Wildman–Crippen LogP) is 18.7. The van der Waals surface area contributed by atoms with Crippen LogP contribution in [0, 0.1) is 0 Å². The van der Waals surface area contributed by atoms with Crippen molar-refractivity contribution in [3.63, 3.8) is 0 Å². The molecule has 0 aliphatic heterocycles. The maximum atomic E-state index is 12.9. The molecule has 0 radical (unpaired) electrons. The Hall–Kier alpha value is -2.82. The number of unbranched alkanes of at least 4 members (excludes halogenated alkanes) is 31. The third kappa shape index (κ3) is 55.9. The molecule has 3 unspecified atom stereocenters. The third-order valence-corrected chi connectivity index (χ3v) is 14.3. The molecule has 0 saturated carbocycles. The van der Waals surface area contributed by atoms with E-state index in [1.54, 1.807) is 0 Å². The van der Waals surface area contributed by atoms with Crippen LogP contribution < -0.4 is 0 Å². The Balaban J connectivity index is 4.64. The van der Waals surface area contributed by atoms with E-state index in [0.29, 0.717) is 19.3 Å². The number of hydrogen-bond donors (Lipinski definition) is 2. The smallest absolute Gasteiger partial charge is 0.462 e. The van der Waals surface area contributed by atoms with E-state index in [1.165, 1.54) is 122 Å². The number of rotatable bonds is 58. The molecule has 2 N–H and O–H groups in total. The van der Waals surface area contributed by atoms with Crippen LogP contribution in [0.25, 0.3) is 0 Å². The van der Waals surface area contributed by atoms with Gasteiger partial charge in [0.05, 0.1) is 19.8 Å². The molecule has 0 saturated heterocycles. The Bertz CT molecular complexity index is 1510. The summed E-state index contributed by atoms with van der Waals surface area (Å²) in [4.78, 5) is 48.6. The summed E-state index contributed by atoms with van der Waals surface area (Å²) in [6.07, 6.45) is 64.6. The minimum Gasteiger partial charge on any atom is -0.462 e. The second kappa shape index (κ2) is 58.3. The number of esters is 3. The van der Waals surface area contributed by atoms with Gasteiger partial charge in [-0.2, -0.15) is 0 Å². The van der Waals surface area contributed by atoms with Gasteiger partial charge in [-0.05, 0) is 103 Å². The number of phosphoric ester groups is 1. The average Bonchev–Trinajstić information content (AvgIpc) is 3.41. The van der Waals surface area contributed by atoms with Crippen LogP contribution in [0.15, 0.2) is 60.8 Å². The van der Waals surface area contributed by atoms with Gasteiger partial charge in [0.15, 0.2) is 6.10 Å². The van der Waals surface area contributed by atoms with Crippen molar-refractivity contribution < 1.29 is 52.2 Å². The summed E-state index contributed by atoms with van der Waals surface area (Å²) in [6.45, 7) is 4.58. The van der Waals surface area contributed by atoms with Crippen LogP contribution >= 0.6 is 7.82 Å². The molecular weight excluding hydrogens is 976 g/mol. The highest BCUT2D eigenvalue weighted by Gasteiger charge is 2.28. The number of allylic oxidation sites excluding steroid dienone is 10. The lowest BCUT2D eigenvalue weighted by atomic mass is 10.1. The van der Waals surface area contributed by atoms with Crippen LogP contribution in [0.4, 0.5) is 0 Å². The van der Waals surface area contributed by atoms with E-state index in [9.17, 15) is 28.9 Å². The fourth-order valence-electron chi connectivity index (χ4n) is 8.58. The van der Waals surface area contributed by atoms with Gasteiger partial charge in [0.25, 0.3) is 0 Å². The summed E-state index contributed by atoms with van der Waals surface area (Å²) in [5.41, 5.74) is 0. The van der Waals surface area contributed by atoms with Crippen molar-refractivity contribution in [1.29, 1.82) is 0 Å². The minimum atomic E-state index is -4.75. The Morgan fingerprint density at radius 2 is 0.658 bits per heavy atom. The number of carbonyl (C=O) groups excluding carboxylic acids is 3. The fourth-order valence-corrected chi connectivity index (χ4v) is 9.36. The Morgan fingerprint density at radius 1 is 0.368 bits per heavy atom. The number of ether oxygens (including phenoxy) is 3. The number of carbonyl (C=O) groups is 3. The molecule has 0 aromatic rings. The molecule has 3 atom stereocenters. The largest absolute Gasteiger partial charge is 0.472 e. The van der Waals surface area contributed by atoms with E-state index in [2.05, 4.69) is 81.5 Å². The van der Waals surface area contributed by atoms with E-state index in [1.807, 2.05) is 0 Å². The van der Waals surface area contributed by atoms with E-state index in [0.717, 1.165) is 109 Å². The van der Waals surface area contributed by atoms with Crippen LogP contribution in [0.5, 0.6) is 0 Å². The van der Waals surface area contributed by atoms with Crippen molar-refractivity contribution in [2.24, 2.45) is 0 Å². The van der Waals surface area contributed by atoms with Gasteiger partial charge in [-0.1, -0.05) is 229 Å². The highest BCUT2D eigenvalue weighted by molar-refractivity contribution is 7.47. The second-order valence-corrected chi connectivity index (χ2v) is 22.3. The van der Waals surface area contributed by atoms with Crippen molar-refractivity contribution in [1.82, 2.24) is 0 Å². The molecule has 0 spiro atoms. The van der Waals surface area contributed by atoms with Gasteiger partial charge in [-0.15, -0.1) is 0 Å². The van der Waals surface area contributed by atoms with Crippen molar-refractivity contribution in [2.75, 3.05) is 26.4 Å². The van der Waals surface area contributed by atoms with Crippen molar-refractivity contribution >= 4 is 25.7 Å². The van der Waals surface area contributed by atoms with Crippen molar-refractivity contribution in [2.45, 2.75) is 303 Å². The molecule has 76 heavy (non-hydrogen) atoms. The number of phosphoric acid groups is 1. The first-order chi connectivity index (χ1) is 37.2. The zero-order chi connectivity index (χ0) is 55.5. The first-order valence-corrected chi connectivity index (χ1v) is 32.7. The molecule has 0 rings (SSSR count). The molecule has 0 bridgehead atoms. The SMILES string of the molecule is CCCC/C=C\CCCCCCCC(=O)OCC(COP(=O)(O)OCC(CO)OC(=O)CCCCCCCCCCC/C=C\CCCCCCCC)OC(=O)CCCCCCCC/C=C\C/C=C\C/C=C\CCCCC. The summed E-state index contributed by atoms with van der Waals surface area (Å²) in [7, 11) is -4.75. The lowest BCUT2D eigenvalue weighted by Gasteiger charge is -2.21. The van der Waals surface area contributed by atoms with Crippen LogP contribution in [0.2, 0.25) is 0 Å². The van der Waals surface area contributed by atoms with Crippen LogP contribution in [-0.2, 0) is 42.2 Å². The fraction of sp³-hybridized carbons (Fsp3) is 0.797. The van der Waals surface area contributed by atoms with Crippen LogP contribution in [0.3, 0.4) is 0 Å². The summed E-state index contributed by atoms with van der Waals surface area (Å²) in [6, 6.07) is 0. The molecule has 0 amide bonds. The molecule has 12 heteroatoms. The standard InChI is InChI=1S/C64H115O11P/c1-4-7-10-13-16-19-22-24-26-28-30-32-34-36-39-42-45-48-51-54-63(67)74-60(56-65)58-72-76(69,70)73-59-61(57-71-62(66)53-50-47-44-41-38-21-18-15-12-9-6-3)75-64(68)55-52-49-46-43-40-37-35-33-31-29-27-25-23-20-17-14-11-8-5-2/h15,17-18,20,24-27,31,33,60-61,65H,4-14,16,19,21-23,28-30,32,34-59H2,1-3H3,(H,69,70)/b18-15-,20-17-,26-24-,27-25-,33-31-. The van der Waals surface area contributed by atoms with Gasteiger partial charge in [-0.25, -0.2) is 4.57 Å². The topological polar surface area (TPSA) is 155 Å². The Morgan fingerprint density at radius 3 is 1.07 bits per heavy atom. The molecule has 0 aromatic heterocycles. The van der Waals surface area contributed by atoms with E-state index in [-0.39, 0.29) is 25.9 Å². The first kappa shape index (κ1) is 73.2. The van der Waals surface area contributed by atoms with Gasteiger partial charge in [0.1, 0.15) is 12.7 Å². The molecule has 11 nitrogen and oxygen atoms in total. The van der Waals surface area contributed by atoms with Gasteiger partial charge in [-0.3, -0.25) is 23.4 Å². The Labute approximate surface area is 465 Å². The summed E-state index contributed by atoms with van der Waals surface area (Å²) in [5, 5.41) is 9.84. The monoisotopic (exact) mass is 1090 g/mol. The third-order valence-electron chi connectivity index (χ3n) is 13.4. The highest BCUT2D eigenvalue weighted by Crippen LogP contribution is 2.43. The normalized spacial score (nSPS) is 13.7. The molecule has 0 fully saturated rings. The summed E-state index contributed by atoms with van der Waals surface area (Å²) >= 11 is 0. The van der Waals surface area contributed by atoms with Gasteiger partial charge >= 0.3 is 25.7 Å². The predicted molar refractivity (Wildman–Crippen MR) is 316 cm³/mol. The zero-order valence-electron chi connectivity index (χ0n) is 49.0. The summed E-state index contributed by atoms with van der Waals surface area (Å²) in [5.74, 6) is -1.48. The molecule has 0 aromatic carbocycles. The van der Waals surface area contributed by atoms with Crippen molar-refractivity contribution in [3.05, 3.63) is 60.8 Å². The molecule has 0 aliphatic rings. The lowest BCUT2D eigenvalue weighted by molar-refractivity contribution is -0.161. The van der Waals surface area contributed by atoms with Gasteiger partial charge in [0, 0.05) is 19.3 Å². The highest BCUT2D eigenvalue weighted by atomic mass is 31.2. The molecular formula is C64H115O11P. The second-order valence-electron chi connectivity index (χ2n) is 20.9. The summed E-state index contributed by atoms with van der Waals surface area (Å²) < 4.78 is 39.6. The van der Waals surface area contributed by atoms with Crippen LogP contribution in [-0.4, -0.2) is 66.5 Å². The van der Waals surface area contributed by atoms with Crippen molar-refractivity contribution in [3.8, 4) is 0 Å². The van der Waals surface area contributed by atoms with Gasteiger partial charge in [0.2, 0.25) is 0 Å². The molecule has 0 aliphatic carbocycles. The molecule has 442 valence electrons. The van der Waals surface area contributed by atoms with Crippen LogP contribution in [0.1, 0.15) is 290 Å². The minimum absolute atomic E-state index is 0.151. The first-order valence-electron chi connectivity index (χ1n) is 31.2. The number of aliphatic hydroxyl groups excluding tert-OH is 1. The lowest BCUT2D eigenvalue weighted by Crippen LogP contribution is -2.30. The van der Waals surface area contributed by atoms with E-state index >= 15 is 0 Å². The number of aliphatic hydroxyl groups is 1. The number of hydrogen-bond acceptors (Lipinski definition) is 10. The van der Waals surface area contributed by atoms with Gasteiger partial charge < -0.3 is 24.2 Å². The molecule has 0 heterocycles. The Kier molecular flexibility index (Phi) is 56.2. The quantitative estimate of drug-likeness (QED) is 0.0197.